The van der Waals surface area contributed by atoms with E-state index in [0.717, 1.165) is 10.4 Å². The van der Waals surface area contributed by atoms with E-state index in [1.54, 1.807) is 6.92 Å². The maximum absolute atomic E-state index is 11.1. The lowest BCUT2D eigenvalue weighted by Crippen LogP contribution is -2.48. The molecule has 0 amide bonds. The van der Waals surface area contributed by atoms with Gasteiger partial charge in [-0.1, -0.05) is 13.1 Å². The van der Waals surface area contributed by atoms with Crippen LogP contribution in [0.3, 0.4) is 0 Å². The zero-order chi connectivity index (χ0) is 11.7. The van der Waals surface area contributed by atoms with Crippen LogP contribution in [0.5, 0.6) is 0 Å². The summed E-state index contributed by atoms with van der Waals surface area (Å²) in [5, 5.41) is 0. The van der Waals surface area contributed by atoms with Crippen LogP contribution in [0.4, 0.5) is 0 Å². The second-order valence-electron chi connectivity index (χ2n) is 3.44. The van der Waals surface area contributed by atoms with Crippen molar-refractivity contribution in [3.8, 4) is 0 Å². The van der Waals surface area contributed by atoms with Crippen LogP contribution >= 0.6 is 0 Å². The molecule has 0 radical (unpaired) electrons. The molecule has 0 aromatic heterocycles. The SMILES string of the molecule is C=C(C)C(=O)OC[SiH](C)N[SiH2]N[SiH2]N[SiH3]. The number of carbonyl (C=O) groups excluding carboxylic acids is 1. The van der Waals surface area contributed by atoms with Gasteiger partial charge in [0.1, 0.15) is 8.96 Å². The van der Waals surface area contributed by atoms with Crippen LogP contribution in [0, 0.1) is 0 Å². The molecule has 88 valence electrons. The molecule has 0 aliphatic rings. The van der Waals surface area contributed by atoms with Crippen molar-refractivity contribution in [1.82, 2.24) is 13.9 Å². The minimum Gasteiger partial charge on any atom is -0.465 e. The highest BCUT2D eigenvalue weighted by Crippen LogP contribution is 1.91. The Morgan fingerprint density at radius 3 is 2.80 bits per heavy atom. The van der Waals surface area contributed by atoms with Crippen LogP contribution in [0.2, 0.25) is 6.55 Å². The van der Waals surface area contributed by atoms with Crippen LogP contribution in [0.15, 0.2) is 12.2 Å². The first kappa shape index (κ1) is 15.0. The van der Waals surface area contributed by atoms with Gasteiger partial charge in [-0.25, -0.2) is 4.79 Å². The van der Waals surface area contributed by atoms with E-state index in [9.17, 15) is 4.79 Å². The number of nitrogens with one attached hydrogen (secondary N) is 3. The lowest BCUT2D eigenvalue weighted by molar-refractivity contribution is -0.137. The van der Waals surface area contributed by atoms with E-state index < -0.39 is 8.96 Å². The second-order valence-corrected chi connectivity index (χ2v) is 12.7. The highest BCUT2D eigenvalue weighted by atomic mass is 28.4. The average molecular weight is 280 g/mol. The minimum absolute atomic E-state index is 0.202. The van der Waals surface area contributed by atoms with Gasteiger partial charge in [0, 0.05) is 5.57 Å². The molecule has 0 bridgehead atoms. The molecule has 3 N–H and O–H groups in total. The molecular weight excluding hydrogens is 258 g/mol. The summed E-state index contributed by atoms with van der Waals surface area (Å²) in [6.45, 7) is 7.35. The van der Waals surface area contributed by atoms with Crippen LogP contribution in [-0.2, 0) is 9.53 Å². The van der Waals surface area contributed by atoms with Gasteiger partial charge in [0.05, 0.1) is 16.6 Å². The van der Waals surface area contributed by atoms with E-state index >= 15 is 0 Å². The Kier molecular flexibility index (Phi) is 9.18. The number of esters is 1. The fraction of sp³-hybridized carbons (Fsp3) is 0.500. The number of rotatable bonds is 8. The molecule has 1 atom stereocenters. The van der Waals surface area contributed by atoms with Gasteiger partial charge >= 0.3 is 5.97 Å². The number of ether oxygens (including phenoxy) is 1. The van der Waals surface area contributed by atoms with Crippen LogP contribution in [0.1, 0.15) is 6.92 Å². The molecule has 5 nitrogen and oxygen atoms in total. The van der Waals surface area contributed by atoms with Gasteiger partial charge in [-0.05, 0) is 6.92 Å². The summed E-state index contributed by atoms with van der Waals surface area (Å²) in [4.78, 5) is 11.1. The molecule has 0 saturated carbocycles. The normalized spacial score (nSPS) is 14.0. The fourth-order valence-corrected chi connectivity index (χ4v) is 8.71. The largest absolute Gasteiger partial charge is 0.465 e. The molecule has 15 heavy (non-hydrogen) atoms. The molecular formula is C6H21N3O2Si4. The zero-order valence-corrected chi connectivity index (χ0v) is 15.7. The standard InChI is InChI=1S/C6H21N3O2Si4/c1-5(2)6(10)11-4-15(3)9-14-8-13-7-12/h7-9,15H,1,4,13-14H2,2-3,12H3. The van der Waals surface area contributed by atoms with Crippen molar-refractivity contribution in [1.29, 1.82) is 0 Å². The average Bonchev–Trinajstić information content (AvgIpc) is 2.20. The van der Waals surface area contributed by atoms with Crippen molar-refractivity contribution in [2.24, 2.45) is 0 Å². The molecule has 0 heterocycles. The number of carbonyl (C=O) groups is 1. The van der Waals surface area contributed by atoms with Crippen molar-refractivity contribution >= 4 is 45.0 Å². The Balaban J connectivity index is 3.44. The first-order chi connectivity index (χ1) is 7.07. The van der Waals surface area contributed by atoms with Gasteiger partial charge in [0.15, 0.2) is 19.7 Å². The van der Waals surface area contributed by atoms with Gasteiger partial charge < -0.3 is 18.7 Å². The minimum atomic E-state index is -1.07. The summed E-state index contributed by atoms with van der Waals surface area (Å²) < 4.78 is 15.3. The van der Waals surface area contributed by atoms with E-state index in [2.05, 4.69) is 27.1 Å². The van der Waals surface area contributed by atoms with Gasteiger partial charge in [-0.15, -0.1) is 0 Å². The molecule has 0 aromatic carbocycles. The van der Waals surface area contributed by atoms with Crippen LogP contribution in [-0.4, -0.2) is 51.2 Å². The van der Waals surface area contributed by atoms with E-state index in [1.165, 1.54) is 0 Å². The lowest BCUT2D eigenvalue weighted by atomic mass is 10.4. The molecule has 9 heteroatoms. The predicted octanol–water partition coefficient (Wildman–Crippen LogP) is -3.95. The molecule has 0 rings (SSSR count). The monoisotopic (exact) mass is 279 g/mol. The number of hydrogen-bond acceptors (Lipinski definition) is 5. The molecule has 0 aromatic rings. The van der Waals surface area contributed by atoms with Gasteiger partial charge in [0.2, 0.25) is 0 Å². The first-order valence-corrected chi connectivity index (χ1v) is 11.4. The molecule has 1 unspecified atom stereocenters. The predicted molar refractivity (Wildman–Crippen MR) is 75.2 cm³/mol. The Labute approximate surface area is 101 Å². The summed E-state index contributed by atoms with van der Waals surface area (Å²) in [5.74, 6) is -0.277. The van der Waals surface area contributed by atoms with E-state index in [0.29, 0.717) is 11.8 Å². The molecule has 0 aliphatic heterocycles. The first-order valence-electron chi connectivity index (χ1n) is 4.99. The van der Waals surface area contributed by atoms with Crippen LogP contribution < -0.4 is 13.9 Å². The maximum Gasteiger partial charge on any atom is 0.332 e. The molecule has 0 aliphatic carbocycles. The summed E-state index contributed by atoms with van der Waals surface area (Å²) in [6.07, 6.45) is 0.552. The van der Waals surface area contributed by atoms with Crippen molar-refractivity contribution in [3.63, 3.8) is 0 Å². The smallest absolute Gasteiger partial charge is 0.332 e. The van der Waals surface area contributed by atoms with Gasteiger partial charge in [-0.2, -0.15) is 0 Å². The van der Waals surface area contributed by atoms with Crippen molar-refractivity contribution in [2.75, 3.05) is 6.23 Å². The number of hydrogen-bond donors (Lipinski definition) is 3. The Morgan fingerprint density at radius 1 is 1.60 bits per heavy atom. The Bertz CT molecular complexity index is 217. The van der Waals surface area contributed by atoms with Crippen molar-refractivity contribution in [2.45, 2.75) is 13.5 Å². The molecule has 0 saturated heterocycles. The maximum atomic E-state index is 11.1. The highest BCUT2D eigenvalue weighted by molar-refractivity contribution is 6.66. The van der Waals surface area contributed by atoms with Gasteiger partial charge in [0.25, 0.3) is 0 Å². The Hall–Kier alpha value is -0.0425. The topological polar surface area (TPSA) is 62.4 Å². The van der Waals surface area contributed by atoms with Crippen molar-refractivity contribution in [3.05, 3.63) is 12.2 Å². The summed E-state index contributed by atoms with van der Waals surface area (Å²) in [5.41, 5.74) is 0.471. The summed E-state index contributed by atoms with van der Waals surface area (Å²) >= 11 is 0. The zero-order valence-electron chi connectivity index (χ0n) is 9.72. The van der Waals surface area contributed by atoms with Crippen LogP contribution in [0.25, 0.3) is 0 Å². The summed E-state index contributed by atoms with van der Waals surface area (Å²) in [7, 11) is -0.541. The van der Waals surface area contributed by atoms with Gasteiger partial charge in [-0.3, -0.25) is 0 Å². The fourth-order valence-electron chi connectivity index (χ4n) is 0.817. The van der Waals surface area contributed by atoms with E-state index in [4.69, 9.17) is 4.74 Å². The highest BCUT2D eigenvalue weighted by Gasteiger charge is 2.08. The third-order valence-corrected chi connectivity index (χ3v) is 9.38. The molecule has 0 fully saturated rings. The second kappa shape index (κ2) is 9.20. The third-order valence-electron chi connectivity index (χ3n) is 1.69. The van der Waals surface area contributed by atoms with Crippen molar-refractivity contribution < 1.29 is 9.53 Å². The summed E-state index contributed by atoms with van der Waals surface area (Å²) in [6, 6.07) is 0. The van der Waals surface area contributed by atoms with E-state index in [-0.39, 0.29) is 25.7 Å². The quantitative estimate of drug-likeness (QED) is 0.183. The van der Waals surface area contributed by atoms with E-state index in [1.807, 2.05) is 0 Å². The molecule has 0 spiro atoms. The Morgan fingerprint density at radius 2 is 2.27 bits per heavy atom. The lowest BCUT2D eigenvalue weighted by Gasteiger charge is -2.12. The third kappa shape index (κ3) is 8.92.